The first kappa shape index (κ1) is 25.2. The lowest BCUT2D eigenvalue weighted by molar-refractivity contribution is -0.134. The van der Waals surface area contributed by atoms with Gasteiger partial charge in [-0.15, -0.1) is 0 Å². The number of benzene rings is 1. The maximum Gasteiger partial charge on any atom is 0.308 e. The lowest BCUT2D eigenvalue weighted by Gasteiger charge is -2.13. The van der Waals surface area contributed by atoms with Crippen molar-refractivity contribution >= 4 is 11.9 Å². The zero-order chi connectivity index (χ0) is 21.3. The molecule has 0 aliphatic rings. The van der Waals surface area contributed by atoms with Gasteiger partial charge in [-0.25, -0.2) is 0 Å². The molecule has 0 saturated heterocycles. The van der Waals surface area contributed by atoms with E-state index >= 15 is 0 Å². The highest BCUT2D eigenvalue weighted by Crippen LogP contribution is 2.33. The Labute approximate surface area is 177 Å². The van der Waals surface area contributed by atoms with Crippen LogP contribution in [0.2, 0.25) is 0 Å². The van der Waals surface area contributed by atoms with Gasteiger partial charge in [0.2, 0.25) is 0 Å². The van der Waals surface area contributed by atoms with Gasteiger partial charge in [0.05, 0.1) is 0 Å². The van der Waals surface area contributed by atoms with Crippen molar-refractivity contribution in [1.82, 2.24) is 0 Å². The minimum Gasteiger partial charge on any atom is -0.423 e. The van der Waals surface area contributed by atoms with Gasteiger partial charge in [-0.3, -0.25) is 9.59 Å². The summed E-state index contributed by atoms with van der Waals surface area (Å²) in [6, 6.07) is 5.43. The van der Waals surface area contributed by atoms with Crippen molar-refractivity contribution in [3.05, 3.63) is 23.8 Å². The van der Waals surface area contributed by atoms with Gasteiger partial charge in [0.15, 0.2) is 11.5 Å². The maximum atomic E-state index is 11.4. The van der Waals surface area contributed by atoms with Crippen LogP contribution in [-0.2, 0) is 16.0 Å². The molecule has 1 aromatic carbocycles. The molecule has 29 heavy (non-hydrogen) atoms. The number of hydrogen-bond acceptors (Lipinski definition) is 4. The second kappa shape index (κ2) is 16.0. The van der Waals surface area contributed by atoms with Gasteiger partial charge >= 0.3 is 11.9 Å². The molecule has 164 valence electrons. The molecule has 0 spiro atoms. The molecule has 0 aliphatic heterocycles. The molecule has 0 aromatic heterocycles. The second-order valence-corrected chi connectivity index (χ2v) is 7.92. The Bertz CT molecular complexity index is 594. The molecular formula is C25H40O4. The Hall–Kier alpha value is -1.84. The molecule has 1 rings (SSSR count). The molecule has 4 heteroatoms. The van der Waals surface area contributed by atoms with Gasteiger partial charge in [0.1, 0.15) is 0 Å². The number of rotatable bonds is 16. The van der Waals surface area contributed by atoms with Crippen molar-refractivity contribution in [1.29, 1.82) is 0 Å². The van der Waals surface area contributed by atoms with E-state index in [1.165, 1.54) is 84.5 Å². The summed E-state index contributed by atoms with van der Waals surface area (Å²) in [5.41, 5.74) is 0.919. The van der Waals surface area contributed by atoms with Crippen LogP contribution in [0.25, 0.3) is 0 Å². The smallest absolute Gasteiger partial charge is 0.308 e. The summed E-state index contributed by atoms with van der Waals surface area (Å²) in [5.74, 6) is -0.123. The third-order valence-electron chi connectivity index (χ3n) is 5.11. The normalized spacial score (nSPS) is 10.7. The molecule has 0 radical (unpaired) electrons. The van der Waals surface area contributed by atoms with Crippen molar-refractivity contribution in [3.8, 4) is 11.5 Å². The van der Waals surface area contributed by atoms with E-state index in [4.69, 9.17) is 9.47 Å². The summed E-state index contributed by atoms with van der Waals surface area (Å²) in [4.78, 5) is 22.7. The summed E-state index contributed by atoms with van der Waals surface area (Å²) in [5, 5.41) is 0. The highest BCUT2D eigenvalue weighted by molar-refractivity contribution is 5.74. The van der Waals surface area contributed by atoms with Gasteiger partial charge in [-0.1, -0.05) is 96.1 Å². The Morgan fingerprint density at radius 2 is 1.17 bits per heavy atom. The van der Waals surface area contributed by atoms with Crippen LogP contribution in [0.4, 0.5) is 0 Å². The van der Waals surface area contributed by atoms with Crippen molar-refractivity contribution in [2.24, 2.45) is 0 Å². The van der Waals surface area contributed by atoms with Crippen LogP contribution < -0.4 is 9.47 Å². The number of esters is 2. The van der Waals surface area contributed by atoms with Gasteiger partial charge in [-0.05, 0) is 24.5 Å². The van der Waals surface area contributed by atoms with Crippen LogP contribution in [-0.4, -0.2) is 11.9 Å². The zero-order valence-corrected chi connectivity index (χ0v) is 18.8. The first-order chi connectivity index (χ1) is 14.0. The molecule has 0 heterocycles. The molecule has 0 atom stereocenters. The molecule has 0 N–H and O–H groups in total. The van der Waals surface area contributed by atoms with Gasteiger partial charge in [0, 0.05) is 13.8 Å². The highest BCUT2D eigenvalue weighted by atomic mass is 16.6. The van der Waals surface area contributed by atoms with Crippen molar-refractivity contribution in [3.63, 3.8) is 0 Å². The topological polar surface area (TPSA) is 52.6 Å². The van der Waals surface area contributed by atoms with Crippen LogP contribution in [0.1, 0.15) is 110 Å². The van der Waals surface area contributed by atoms with Gasteiger partial charge in [-0.2, -0.15) is 0 Å². The first-order valence-corrected chi connectivity index (χ1v) is 11.5. The van der Waals surface area contributed by atoms with Crippen molar-refractivity contribution in [2.45, 2.75) is 111 Å². The SMILES string of the molecule is CCCCCCCCCCCCCCCc1cccc(OC(C)=O)c1OC(C)=O. The summed E-state index contributed by atoms with van der Waals surface area (Å²) in [6.45, 7) is 4.97. The molecular weight excluding hydrogens is 364 g/mol. The van der Waals surface area contributed by atoms with Crippen LogP contribution in [0, 0.1) is 0 Å². The summed E-state index contributed by atoms with van der Waals surface area (Å²) < 4.78 is 10.5. The first-order valence-electron chi connectivity index (χ1n) is 11.5. The molecule has 0 bridgehead atoms. The van der Waals surface area contributed by atoms with E-state index in [0.717, 1.165) is 24.8 Å². The number of hydrogen-bond donors (Lipinski definition) is 0. The van der Waals surface area contributed by atoms with Gasteiger partial charge < -0.3 is 9.47 Å². The lowest BCUT2D eigenvalue weighted by Crippen LogP contribution is -2.09. The van der Waals surface area contributed by atoms with E-state index in [0.29, 0.717) is 11.5 Å². The minimum atomic E-state index is -0.420. The Kier molecular flexibility index (Phi) is 13.9. The predicted molar refractivity (Wildman–Crippen MR) is 118 cm³/mol. The number of aryl methyl sites for hydroxylation is 1. The van der Waals surface area contributed by atoms with Crippen LogP contribution in [0.3, 0.4) is 0 Å². The molecule has 1 aromatic rings. The fourth-order valence-corrected chi connectivity index (χ4v) is 3.59. The van der Waals surface area contributed by atoms with Crippen molar-refractivity contribution in [2.75, 3.05) is 0 Å². The highest BCUT2D eigenvalue weighted by Gasteiger charge is 2.14. The number of unbranched alkanes of at least 4 members (excludes halogenated alkanes) is 12. The largest absolute Gasteiger partial charge is 0.423 e. The summed E-state index contributed by atoms with van der Waals surface area (Å²) >= 11 is 0. The number of para-hydroxylation sites is 1. The average molecular weight is 405 g/mol. The second-order valence-electron chi connectivity index (χ2n) is 7.92. The van der Waals surface area contributed by atoms with Gasteiger partial charge in [0.25, 0.3) is 0 Å². The Morgan fingerprint density at radius 1 is 0.690 bits per heavy atom. The fourth-order valence-electron chi connectivity index (χ4n) is 3.59. The summed E-state index contributed by atoms with van der Waals surface area (Å²) in [7, 11) is 0. The zero-order valence-electron chi connectivity index (χ0n) is 18.8. The van der Waals surface area contributed by atoms with Crippen LogP contribution >= 0.6 is 0 Å². The van der Waals surface area contributed by atoms with E-state index in [-0.39, 0.29) is 0 Å². The molecule has 0 saturated carbocycles. The third-order valence-corrected chi connectivity index (χ3v) is 5.11. The van der Waals surface area contributed by atoms with Crippen LogP contribution in [0.5, 0.6) is 11.5 Å². The molecule has 4 nitrogen and oxygen atoms in total. The average Bonchev–Trinajstić information content (AvgIpc) is 2.67. The Balaban J connectivity index is 2.22. The third kappa shape index (κ3) is 12.4. The predicted octanol–water partition coefficient (Wildman–Crippen LogP) is 7.17. The molecule has 0 aliphatic carbocycles. The van der Waals surface area contributed by atoms with Crippen LogP contribution in [0.15, 0.2) is 18.2 Å². The molecule has 0 fully saturated rings. The molecule has 0 amide bonds. The number of carbonyl (C=O) groups excluding carboxylic acids is 2. The fraction of sp³-hybridized carbons (Fsp3) is 0.680. The molecule has 0 unspecified atom stereocenters. The standard InChI is InChI=1S/C25H40O4/c1-4-5-6-7-8-9-10-11-12-13-14-15-16-18-23-19-17-20-24(28-21(2)26)25(23)29-22(3)27/h17,19-20H,4-16,18H2,1-3H3. The minimum absolute atomic E-state index is 0.319. The summed E-state index contributed by atoms with van der Waals surface area (Å²) in [6.07, 6.45) is 17.9. The van der Waals surface area contributed by atoms with E-state index in [9.17, 15) is 9.59 Å². The van der Waals surface area contributed by atoms with E-state index in [1.807, 2.05) is 12.1 Å². The Morgan fingerprint density at radius 3 is 1.66 bits per heavy atom. The maximum absolute atomic E-state index is 11.4. The quantitative estimate of drug-likeness (QED) is 0.166. The lowest BCUT2D eigenvalue weighted by atomic mass is 10.0. The van der Waals surface area contributed by atoms with E-state index in [1.54, 1.807) is 6.07 Å². The van der Waals surface area contributed by atoms with E-state index < -0.39 is 11.9 Å². The van der Waals surface area contributed by atoms with Crippen molar-refractivity contribution < 1.29 is 19.1 Å². The van der Waals surface area contributed by atoms with E-state index in [2.05, 4.69) is 6.92 Å². The monoisotopic (exact) mass is 404 g/mol. The number of carbonyl (C=O) groups is 2. The number of ether oxygens (including phenoxy) is 2.